The molecule has 1 aliphatic carbocycles. The number of halogens is 2. The SMILES string of the molecule is Fc1ccc(N/N=C2/CCCc3ccccc32)c(F)c1. The number of hydrazone groups is 1. The number of rotatable bonds is 2. The van der Waals surface area contributed by atoms with E-state index in [1.807, 2.05) is 18.2 Å². The van der Waals surface area contributed by atoms with Crippen molar-refractivity contribution in [1.82, 2.24) is 0 Å². The highest BCUT2D eigenvalue weighted by Crippen LogP contribution is 2.22. The molecule has 0 spiro atoms. The Bertz CT molecular complexity index is 665. The summed E-state index contributed by atoms with van der Waals surface area (Å²) < 4.78 is 26.4. The summed E-state index contributed by atoms with van der Waals surface area (Å²) in [6, 6.07) is 11.5. The van der Waals surface area contributed by atoms with Crippen molar-refractivity contribution in [2.75, 3.05) is 5.43 Å². The summed E-state index contributed by atoms with van der Waals surface area (Å²) >= 11 is 0. The van der Waals surface area contributed by atoms with Gasteiger partial charge in [-0.25, -0.2) is 8.78 Å². The van der Waals surface area contributed by atoms with Crippen LogP contribution < -0.4 is 5.43 Å². The largest absolute Gasteiger partial charge is 0.275 e. The average molecular weight is 272 g/mol. The molecule has 0 fully saturated rings. The van der Waals surface area contributed by atoms with Gasteiger partial charge in [-0.3, -0.25) is 5.43 Å². The first-order valence-corrected chi connectivity index (χ1v) is 6.60. The van der Waals surface area contributed by atoms with Crippen LogP contribution in [0.15, 0.2) is 47.6 Å². The molecule has 1 N–H and O–H groups in total. The molecule has 0 amide bonds. The second-order valence-electron chi connectivity index (χ2n) is 4.81. The van der Waals surface area contributed by atoms with E-state index in [4.69, 9.17) is 0 Å². The van der Waals surface area contributed by atoms with Crippen LogP contribution in [0.2, 0.25) is 0 Å². The maximum atomic E-state index is 13.5. The molecular formula is C16H14F2N2. The van der Waals surface area contributed by atoms with Crippen LogP contribution in [0.4, 0.5) is 14.5 Å². The topological polar surface area (TPSA) is 24.4 Å². The lowest BCUT2D eigenvalue weighted by molar-refractivity contribution is 0.585. The Balaban J connectivity index is 1.87. The van der Waals surface area contributed by atoms with E-state index in [-0.39, 0.29) is 5.69 Å². The van der Waals surface area contributed by atoms with Gasteiger partial charge >= 0.3 is 0 Å². The highest BCUT2D eigenvalue weighted by atomic mass is 19.1. The van der Waals surface area contributed by atoms with Crippen LogP contribution in [-0.4, -0.2) is 5.71 Å². The third kappa shape index (κ3) is 2.54. The highest BCUT2D eigenvalue weighted by Gasteiger charge is 2.14. The van der Waals surface area contributed by atoms with E-state index in [9.17, 15) is 8.78 Å². The van der Waals surface area contributed by atoms with Gasteiger partial charge in [-0.2, -0.15) is 5.10 Å². The first kappa shape index (κ1) is 12.8. The monoisotopic (exact) mass is 272 g/mol. The predicted molar refractivity (Wildman–Crippen MR) is 75.9 cm³/mol. The molecule has 2 nitrogen and oxygen atoms in total. The molecule has 0 unspecified atom stereocenters. The molecule has 0 aromatic heterocycles. The Labute approximate surface area is 116 Å². The van der Waals surface area contributed by atoms with Gasteiger partial charge in [0.2, 0.25) is 0 Å². The maximum absolute atomic E-state index is 13.5. The van der Waals surface area contributed by atoms with Crippen molar-refractivity contribution in [3.8, 4) is 0 Å². The maximum Gasteiger partial charge on any atom is 0.151 e. The number of hydrogen-bond donors (Lipinski definition) is 1. The fourth-order valence-corrected chi connectivity index (χ4v) is 2.42. The van der Waals surface area contributed by atoms with Gasteiger partial charge in [-0.1, -0.05) is 24.3 Å². The summed E-state index contributed by atoms with van der Waals surface area (Å²) in [4.78, 5) is 0. The van der Waals surface area contributed by atoms with E-state index in [1.54, 1.807) is 0 Å². The van der Waals surface area contributed by atoms with Crippen LogP contribution >= 0.6 is 0 Å². The first-order valence-electron chi connectivity index (χ1n) is 6.60. The van der Waals surface area contributed by atoms with Crippen molar-refractivity contribution in [3.63, 3.8) is 0 Å². The lowest BCUT2D eigenvalue weighted by atomic mass is 9.90. The number of anilines is 1. The van der Waals surface area contributed by atoms with Crippen molar-refractivity contribution in [2.24, 2.45) is 5.10 Å². The minimum Gasteiger partial charge on any atom is -0.275 e. The number of nitrogens with zero attached hydrogens (tertiary/aromatic N) is 1. The Morgan fingerprint density at radius 3 is 2.70 bits per heavy atom. The van der Waals surface area contributed by atoms with Crippen LogP contribution in [0.5, 0.6) is 0 Å². The molecule has 0 saturated heterocycles. The van der Waals surface area contributed by atoms with Crippen LogP contribution in [0.1, 0.15) is 24.0 Å². The fourth-order valence-electron chi connectivity index (χ4n) is 2.42. The predicted octanol–water partition coefficient (Wildman–Crippen LogP) is 4.12. The molecule has 4 heteroatoms. The van der Waals surface area contributed by atoms with E-state index in [2.05, 4.69) is 16.6 Å². The molecule has 0 atom stereocenters. The van der Waals surface area contributed by atoms with Gasteiger partial charge in [0.25, 0.3) is 0 Å². The minimum absolute atomic E-state index is 0.182. The van der Waals surface area contributed by atoms with E-state index < -0.39 is 11.6 Å². The van der Waals surface area contributed by atoms with Gasteiger partial charge < -0.3 is 0 Å². The zero-order valence-electron chi connectivity index (χ0n) is 10.9. The van der Waals surface area contributed by atoms with E-state index >= 15 is 0 Å². The molecule has 1 aliphatic rings. The summed E-state index contributed by atoms with van der Waals surface area (Å²) in [6.45, 7) is 0. The molecule has 102 valence electrons. The van der Waals surface area contributed by atoms with Crippen LogP contribution in [0.25, 0.3) is 0 Å². The van der Waals surface area contributed by atoms with Crippen molar-refractivity contribution in [2.45, 2.75) is 19.3 Å². The van der Waals surface area contributed by atoms with Crippen LogP contribution in [0.3, 0.4) is 0 Å². The average Bonchev–Trinajstić information content (AvgIpc) is 2.46. The Morgan fingerprint density at radius 1 is 1.00 bits per heavy atom. The highest BCUT2D eigenvalue weighted by molar-refractivity contribution is 6.03. The molecular weight excluding hydrogens is 258 g/mol. The molecule has 0 heterocycles. The normalized spacial score (nSPS) is 16.0. The van der Waals surface area contributed by atoms with Crippen LogP contribution in [-0.2, 0) is 6.42 Å². The van der Waals surface area contributed by atoms with E-state index in [0.29, 0.717) is 0 Å². The molecule has 2 aromatic carbocycles. The van der Waals surface area contributed by atoms with Gasteiger partial charge in [0.1, 0.15) is 5.82 Å². The van der Waals surface area contributed by atoms with Crippen LogP contribution in [0, 0.1) is 11.6 Å². The zero-order valence-corrected chi connectivity index (χ0v) is 10.9. The Morgan fingerprint density at radius 2 is 1.85 bits per heavy atom. The first-order chi connectivity index (χ1) is 9.74. The van der Waals surface area contributed by atoms with Gasteiger partial charge in [0.15, 0.2) is 5.82 Å². The number of nitrogens with one attached hydrogen (secondary N) is 1. The third-order valence-corrected chi connectivity index (χ3v) is 3.43. The van der Waals surface area contributed by atoms with Gasteiger partial charge in [-0.15, -0.1) is 0 Å². The number of hydrogen-bond acceptors (Lipinski definition) is 2. The lowest BCUT2D eigenvalue weighted by Crippen LogP contribution is -2.13. The number of aryl methyl sites for hydroxylation is 1. The molecule has 0 saturated carbocycles. The number of benzene rings is 2. The molecule has 0 aliphatic heterocycles. The summed E-state index contributed by atoms with van der Waals surface area (Å²) in [5, 5.41) is 4.29. The Hall–Kier alpha value is -2.23. The van der Waals surface area contributed by atoms with Crippen molar-refractivity contribution < 1.29 is 8.78 Å². The van der Waals surface area contributed by atoms with Gasteiger partial charge in [-0.05, 0) is 37.0 Å². The van der Waals surface area contributed by atoms with Crippen molar-refractivity contribution in [3.05, 3.63) is 65.2 Å². The molecule has 0 radical (unpaired) electrons. The quantitative estimate of drug-likeness (QED) is 0.817. The van der Waals surface area contributed by atoms with E-state index in [1.165, 1.54) is 17.7 Å². The van der Waals surface area contributed by atoms with Crippen molar-refractivity contribution >= 4 is 11.4 Å². The smallest absolute Gasteiger partial charge is 0.151 e. The summed E-state index contributed by atoms with van der Waals surface area (Å²) in [7, 11) is 0. The van der Waals surface area contributed by atoms with E-state index in [0.717, 1.165) is 36.6 Å². The zero-order chi connectivity index (χ0) is 13.9. The summed E-state index contributed by atoms with van der Waals surface area (Å²) in [5.41, 5.74) is 6.16. The standard InChI is InChI=1S/C16H14F2N2/c17-12-8-9-16(14(18)10-12)20-19-15-7-3-5-11-4-1-2-6-13(11)15/h1-2,4,6,8-10,20H,3,5,7H2/b19-15-. The number of fused-ring (bicyclic) bond motifs is 1. The molecule has 0 bridgehead atoms. The summed E-state index contributed by atoms with van der Waals surface area (Å²) in [5.74, 6) is -1.23. The van der Waals surface area contributed by atoms with Crippen molar-refractivity contribution in [1.29, 1.82) is 0 Å². The second kappa shape index (κ2) is 5.41. The summed E-state index contributed by atoms with van der Waals surface area (Å²) in [6.07, 6.45) is 2.93. The van der Waals surface area contributed by atoms with Gasteiger partial charge in [0.05, 0.1) is 11.4 Å². The minimum atomic E-state index is -0.640. The molecule has 2 aromatic rings. The van der Waals surface area contributed by atoms with Gasteiger partial charge in [0, 0.05) is 11.6 Å². The molecule has 3 rings (SSSR count). The molecule has 20 heavy (non-hydrogen) atoms. The third-order valence-electron chi connectivity index (χ3n) is 3.43. The lowest BCUT2D eigenvalue weighted by Gasteiger charge is -2.17. The second-order valence-corrected chi connectivity index (χ2v) is 4.81. The fraction of sp³-hybridized carbons (Fsp3) is 0.188. The Kier molecular flexibility index (Phi) is 3.46.